The second-order valence-corrected chi connectivity index (χ2v) is 8.64. The number of nitrogens with zero attached hydrogens (tertiary/aromatic N) is 3. The van der Waals surface area contributed by atoms with Gasteiger partial charge in [0.2, 0.25) is 5.60 Å². The Balaban J connectivity index is 1.60. The second kappa shape index (κ2) is 7.62. The molecule has 1 amide bonds. The number of aromatic nitrogens is 3. The largest absolute Gasteiger partial charge is 0.425 e. The standard InChI is InChI=1S/C24H23F3N4O2/c1-30-14-19(18-8-4-5-9-21(18)30)23(33,24(25,26)27)16-10-11-20-15(12-16)13-28-31(20)22(32)29-17-6-2-3-7-17/h4-5,8-14,17,33H,2-3,6-7H2,1H3,(H,29,32). The summed E-state index contributed by atoms with van der Waals surface area (Å²) in [4.78, 5) is 12.6. The molecule has 33 heavy (non-hydrogen) atoms. The van der Waals surface area contributed by atoms with Crippen LogP contribution in [0.25, 0.3) is 21.8 Å². The van der Waals surface area contributed by atoms with Crippen molar-refractivity contribution in [2.24, 2.45) is 7.05 Å². The number of carbonyl (C=O) groups excluding carboxylic acids is 1. The lowest BCUT2D eigenvalue weighted by Crippen LogP contribution is -2.43. The highest BCUT2D eigenvalue weighted by molar-refractivity contribution is 5.91. The summed E-state index contributed by atoms with van der Waals surface area (Å²) in [6.07, 6.45) is 1.57. The smallest absolute Gasteiger partial charge is 0.372 e. The third-order valence-corrected chi connectivity index (χ3v) is 6.56. The van der Waals surface area contributed by atoms with Crippen LogP contribution in [0.4, 0.5) is 18.0 Å². The molecule has 2 aromatic carbocycles. The van der Waals surface area contributed by atoms with E-state index in [0.717, 1.165) is 30.4 Å². The van der Waals surface area contributed by atoms with Crippen LogP contribution in [0.15, 0.2) is 54.9 Å². The number of rotatable bonds is 3. The third-order valence-electron chi connectivity index (χ3n) is 6.56. The summed E-state index contributed by atoms with van der Waals surface area (Å²) in [6.45, 7) is 0. The lowest BCUT2D eigenvalue weighted by atomic mass is 9.85. The van der Waals surface area contributed by atoms with Crippen molar-refractivity contribution in [2.45, 2.75) is 43.5 Å². The summed E-state index contributed by atoms with van der Waals surface area (Å²) >= 11 is 0. The number of hydrogen-bond donors (Lipinski definition) is 2. The van der Waals surface area contributed by atoms with E-state index in [1.54, 1.807) is 35.9 Å². The Labute approximate surface area is 187 Å². The average molecular weight is 456 g/mol. The number of fused-ring (bicyclic) bond motifs is 2. The molecule has 2 N–H and O–H groups in total. The number of nitrogens with one attached hydrogen (secondary N) is 1. The Bertz CT molecular complexity index is 1350. The summed E-state index contributed by atoms with van der Waals surface area (Å²) < 4.78 is 46.0. The van der Waals surface area contributed by atoms with Crippen molar-refractivity contribution in [3.63, 3.8) is 0 Å². The van der Waals surface area contributed by atoms with Crippen molar-refractivity contribution in [3.8, 4) is 0 Å². The van der Waals surface area contributed by atoms with Gasteiger partial charge >= 0.3 is 12.2 Å². The molecule has 0 bridgehead atoms. The van der Waals surface area contributed by atoms with E-state index < -0.39 is 17.8 Å². The Hall–Kier alpha value is -3.33. The van der Waals surface area contributed by atoms with Gasteiger partial charge in [0.25, 0.3) is 0 Å². The normalized spacial score (nSPS) is 17.0. The van der Waals surface area contributed by atoms with Gasteiger partial charge in [0, 0.05) is 41.1 Å². The van der Waals surface area contributed by atoms with Crippen molar-refractivity contribution in [1.82, 2.24) is 19.7 Å². The molecule has 2 aromatic heterocycles. The number of amides is 1. The quantitative estimate of drug-likeness (QED) is 0.464. The van der Waals surface area contributed by atoms with Gasteiger partial charge in [-0.05, 0) is 36.6 Å². The molecule has 9 heteroatoms. The molecule has 5 rings (SSSR count). The molecule has 2 heterocycles. The average Bonchev–Trinajstić information content (AvgIpc) is 3.51. The number of aliphatic hydroxyl groups is 1. The number of hydrogen-bond acceptors (Lipinski definition) is 3. The molecule has 0 spiro atoms. The Morgan fingerprint density at radius 1 is 1.12 bits per heavy atom. The van der Waals surface area contributed by atoms with E-state index in [2.05, 4.69) is 10.4 Å². The highest BCUT2D eigenvalue weighted by atomic mass is 19.4. The summed E-state index contributed by atoms with van der Waals surface area (Å²) in [6, 6.07) is 10.2. The van der Waals surface area contributed by atoms with Crippen molar-refractivity contribution in [2.75, 3.05) is 0 Å². The van der Waals surface area contributed by atoms with Crippen molar-refractivity contribution >= 4 is 27.8 Å². The first kappa shape index (κ1) is 21.5. The highest BCUT2D eigenvalue weighted by Crippen LogP contribution is 2.47. The van der Waals surface area contributed by atoms with Crippen LogP contribution in [0.3, 0.4) is 0 Å². The van der Waals surface area contributed by atoms with Gasteiger partial charge in [0.15, 0.2) is 0 Å². The van der Waals surface area contributed by atoms with Crippen LogP contribution >= 0.6 is 0 Å². The number of aryl methyl sites for hydroxylation is 1. The van der Waals surface area contributed by atoms with Crippen molar-refractivity contribution in [3.05, 3.63) is 66.0 Å². The molecule has 1 aliphatic carbocycles. The predicted octanol–water partition coefficient (Wildman–Crippen LogP) is 4.83. The SMILES string of the molecule is Cn1cc(C(O)(c2ccc3c(cnn3C(=O)NC3CCCC3)c2)C(F)(F)F)c2ccccc21. The van der Waals surface area contributed by atoms with E-state index in [4.69, 9.17) is 0 Å². The van der Waals surface area contributed by atoms with Gasteiger partial charge in [-0.2, -0.15) is 23.0 Å². The molecule has 6 nitrogen and oxygen atoms in total. The van der Waals surface area contributed by atoms with Gasteiger partial charge in [-0.1, -0.05) is 37.1 Å². The Kier molecular flexibility index (Phi) is 4.97. The first-order chi connectivity index (χ1) is 15.7. The van der Waals surface area contributed by atoms with Crippen LogP contribution < -0.4 is 5.32 Å². The van der Waals surface area contributed by atoms with Crippen LogP contribution in [0.2, 0.25) is 0 Å². The fraction of sp³-hybridized carbons (Fsp3) is 0.333. The van der Waals surface area contributed by atoms with E-state index >= 15 is 0 Å². The van der Waals surface area contributed by atoms with Gasteiger partial charge in [0.1, 0.15) is 0 Å². The maximum Gasteiger partial charge on any atom is 0.425 e. The maximum absolute atomic E-state index is 14.4. The summed E-state index contributed by atoms with van der Waals surface area (Å²) in [5, 5.41) is 18.9. The zero-order chi connectivity index (χ0) is 23.4. The number of benzene rings is 2. The van der Waals surface area contributed by atoms with Crippen LogP contribution in [-0.2, 0) is 12.6 Å². The lowest BCUT2D eigenvalue weighted by molar-refractivity contribution is -0.247. The van der Waals surface area contributed by atoms with E-state index in [9.17, 15) is 23.1 Å². The maximum atomic E-state index is 14.4. The Morgan fingerprint density at radius 3 is 2.58 bits per heavy atom. The zero-order valence-electron chi connectivity index (χ0n) is 17.9. The van der Waals surface area contributed by atoms with Crippen LogP contribution in [0, 0.1) is 0 Å². The topological polar surface area (TPSA) is 72.1 Å². The minimum atomic E-state index is -4.99. The second-order valence-electron chi connectivity index (χ2n) is 8.64. The molecule has 1 fully saturated rings. The van der Waals surface area contributed by atoms with Crippen LogP contribution in [0.1, 0.15) is 36.8 Å². The van der Waals surface area contributed by atoms with E-state index in [1.165, 1.54) is 30.6 Å². The molecule has 0 saturated heterocycles. The monoisotopic (exact) mass is 456 g/mol. The summed E-state index contributed by atoms with van der Waals surface area (Å²) in [5.74, 6) is 0. The molecule has 1 saturated carbocycles. The predicted molar refractivity (Wildman–Crippen MR) is 118 cm³/mol. The van der Waals surface area contributed by atoms with Gasteiger partial charge < -0.3 is 15.0 Å². The molecule has 1 unspecified atom stereocenters. The fourth-order valence-electron chi connectivity index (χ4n) is 4.83. The molecule has 0 radical (unpaired) electrons. The van der Waals surface area contributed by atoms with E-state index in [0.29, 0.717) is 21.8 Å². The van der Waals surface area contributed by atoms with E-state index in [1.807, 2.05) is 0 Å². The highest BCUT2D eigenvalue weighted by Gasteiger charge is 2.57. The lowest BCUT2D eigenvalue weighted by Gasteiger charge is -2.31. The molecular weight excluding hydrogens is 433 g/mol. The number of alkyl halides is 3. The molecule has 172 valence electrons. The van der Waals surface area contributed by atoms with Crippen molar-refractivity contribution in [1.29, 1.82) is 0 Å². The molecule has 1 aliphatic rings. The molecular formula is C24H23F3N4O2. The van der Waals surface area contributed by atoms with Gasteiger partial charge in [-0.15, -0.1) is 0 Å². The minimum absolute atomic E-state index is 0.0812. The van der Waals surface area contributed by atoms with Gasteiger partial charge in [0.05, 0.1) is 11.7 Å². The molecule has 4 aromatic rings. The van der Waals surface area contributed by atoms with Gasteiger partial charge in [-0.3, -0.25) is 0 Å². The zero-order valence-corrected chi connectivity index (χ0v) is 17.9. The van der Waals surface area contributed by atoms with E-state index in [-0.39, 0.29) is 17.2 Å². The summed E-state index contributed by atoms with van der Waals surface area (Å²) in [7, 11) is 1.64. The fourth-order valence-corrected chi connectivity index (χ4v) is 4.83. The molecule has 1 atom stereocenters. The van der Waals surface area contributed by atoms with Gasteiger partial charge in [-0.25, -0.2) is 4.79 Å². The third kappa shape index (κ3) is 3.38. The first-order valence-corrected chi connectivity index (χ1v) is 10.8. The number of carbonyl (C=O) groups is 1. The summed E-state index contributed by atoms with van der Waals surface area (Å²) in [5.41, 5.74) is -2.88. The van der Waals surface area contributed by atoms with Crippen LogP contribution in [-0.4, -0.2) is 37.7 Å². The number of halogens is 3. The Morgan fingerprint density at radius 2 is 1.85 bits per heavy atom. The first-order valence-electron chi connectivity index (χ1n) is 10.8. The van der Waals surface area contributed by atoms with Crippen molar-refractivity contribution < 1.29 is 23.1 Å². The number of para-hydroxylation sites is 1. The molecule has 0 aliphatic heterocycles. The van der Waals surface area contributed by atoms with Crippen LogP contribution in [0.5, 0.6) is 0 Å². The minimum Gasteiger partial charge on any atom is -0.372 e.